The fourth-order valence-electron chi connectivity index (χ4n) is 1.14. The number of carbonyl (C=O) groups is 1. The van der Waals surface area contributed by atoms with E-state index in [9.17, 15) is 14.9 Å². The first-order valence-electron chi connectivity index (χ1n) is 4.16. The van der Waals surface area contributed by atoms with Crippen LogP contribution >= 0.6 is 0 Å². The van der Waals surface area contributed by atoms with Crippen molar-refractivity contribution in [1.29, 1.82) is 0 Å². The Hall–Kier alpha value is -1.95. The van der Waals surface area contributed by atoms with Crippen LogP contribution in [0.15, 0.2) is 18.2 Å². The maximum atomic E-state index is 11.2. The average Bonchev–Trinajstić information content (AvgIpc) is 2.27. The van der Waals surface area contributed by atoms with E-state index >= 15 is 0 Å². The molecular formula is C9H10N2O4. The molecule has 80 valence electrons. The van der Waals surface area contributed by atoms with E-state index in [-0.39, 0.29) is 17.8 Å². The molecule has 6 heteroatoms. The van der Waals surface area contributed by atoms with E-state index in [0.29, 0.717) is 5.56 Å². The van der Waals surface area contributed by atoms with Gasteiger partial charge >= 0.3 is 5.97 Å². The lowest BCUT2D eigenvalue weighted by molar-refractivity contribution is -0.385. The van der Waals surface area contributed by atoms with E-state index in [1.807, 2.05) is 0 Å². The van der Waals surface area contributed by atoms with Gasteiger partial charge in [0.05, 0.1) is 12.0 Å². The van der Waals surface area contributed by atoms with Gasteiger partial charge in [0.15, 0.2) is 0 Å². The molecular weight excluding hydrogens is 200 g/mol. The summed E-state index contributed by atoms with van der Waals surface area (Å²) in [5.74, 6) is -0.731. The monoisotopic (exact) mass is 210 g/mol. The summed E-state index contributed by atoms with van der Waals surface area (Å²) in [5.41, 5.74) is 5.57. The Balaban J connectivity index is 3.27. The number of ether oxygens (including phenoxy) is 1. The predicted molar refractivity (Wildman–Crippen MR) is 52.3 cm³/mol. The summed E-state index contributed by atoms with van der Waals surface area (Å²) >= 11 is 0. The number of rotatable bonds is 3. The summed E-state index contributed by atoms with van der Waals surface area (Å²) in [6, 6.07) is 4.16. The molecule has 0 radical (unpaired) electrons. The first-order chi connectivity index (χ1) is 7.10. The van der Waals surface area contributed by atoms with Gasteiger partial charge in [-0.2, -0.15) is 0 Å². The number of nitrogens with two attached hydrogens (primary N) is 1. The van der Waals surface area contributed by atoms with Gasteiger partial charge in [0.25, 0.3) is 5.69 Å². The molecule has 0 aliphatic heterocycles. The molecule has 6 nitrogen and oxygen atoms in total. The minimum atomic E-state index is -0.731. The van der Waals surface area contributed by atoms with Crippen molar-refractivity contribution in [2.45, 2.75) is 6.54 Å². The molecule has 0 aliphatic rings. The predicted octanol–water partition coefficient (Wildman–Crippen LogP) is 0.840. The fraction of sp³-hybridized carbons (Fsp3) is 0.222. The van der Waals surface area contributed by atoms with Gasteiger partial charge < -0.3 is 10.5 Å². The molecule has 2 N–H and O–H groups in total. The summed E-state index contributed by atoms with van der Waals surface area (Å²) in [4.78, 5) is 21.2. The first kappa shape index (κ1) is 11.1. The zero-order valence-corrected chi connectivity index (χ0v) is 8.10. The Labute approximate surface area is 85.8 Å². The smallest absolute Gasteiger partial charge is 0.344 e. The lowest BCUT2D eigenvalue weighted by atomic mass is 10.1. The average molecular weight is 210 g/mol. The van der Waals surface area contributed by atoms with Crippen LogP contribution in [-0.4, -0.2) is 18.0 Å². The Kier molecular flexibility index (Phi) is 3.35. The van der Waals surface area contributed by atoms with Gasteiger partial charge in [-0.15, -0.1) is 0 Å². The van der Waals surface area contributed by atoms with Gasteiger partial charge in [-0.25, -0.2) is 4.79 Å². The molecule has 0 spiro atoms. The molecule has 0 bridgehead atoms. The van der Waals surface area contributed by atoms with E-state index in [2.05, 4.69) is 4.74 Å². The zero-order valence-electron chi connectivity index (χ0n) is 8.10. The van der Waals surface area contributed by atoms with E-state index in [1.54, 1.807) is 6.07 Å². The lowest BCUT2D eigenvalue weighted by Crippen LogP contribution is -2.07. The molecule has 1 rings (SSSR count). The van der Waals surface area contributed by atoms with E-state index in [4.69, 9.17) is 5.73 Å². The van der Waals surface area contributed by atoms with Crippen molar-refractivity contribution in [2.24, 2.45) is 5.73 Å². The minimum Gasteiger partial charge on any atom is -0.465 e. The van der Waals surface area contributed by atoms with Gasteiger partial charge in [-0.1, -0.05) is 6.07 Å². The van der Waals surface area contributed by atoms with Crippen LogP contribution in [0.25, 0.3) is 0 Å². The summed E-state index contributed by atoms with van der Waals surface area (Å²) in [7, 11) is 1.17. The number of nitro groups is 1. The van der Waals surface area contributed by atoms with Gasteiger partial charge in [0.2, 0.25) is 0 Å². The van der Waals surface area contributed by atoms with Crippen LogP contribution < -0.4 is 5.73 Å². The second-order valence-corrected chi connectivity index (χ2v) is 2.80. The summed E-state index contributed by atoms with van der Waals surface area (Å²) in [6.45, 7) is 0.183. The van der Waals surface area contributed by atoms with Crippen molar-refractivity contribution in [3.63, 3.8) is 0 Å². The highest BCUT2D eigenvalue weighted by Gasteiger charge is 2.20. The molecule has 0 unspecified atom stereocenters. The Morgan fingerprint density at radius 3 is 2.73 bits per heavy atom. The quantitative estimate of drug-likeness (QED) is 0.453. The van der Waals surface area contributed by atoms with Crippen molar-refractivity contribution in [1.82, 2.24) is 0 Å². The van der Waals surface area contributed by atoms with Crippen molar-refractivity contribution in [2.75, 3.05) is 7.11 Å². The normalized spacial score (nSPS) is 9.73. The molecule has 0 fully saturated rings. The van der Waals surface area contributed by atoms with Gasteiger partial charge in [-0.05, 0) is 11.6 Å². The number of hydrogen-bond acceptors (Lipinski definition) is 5. The molecule has 0 atom stereocenters. The number of benzene rings is 1. The third-order valence-electron chi connectivity index (χ3n) is 1.90. The van der Waals surface area contributed by atoms with Crippen LogP contribution in [0.2, 0.25) is 0 Å². The third-order valence-corrected chi connectivity index (χ3v) is 1.90. The number of hydrogen-bond donors (Lipinski definition) is 1. The molecule has 1 aromatic rings. The van der Waals surface area contributed by atoms with Gasteiger partial charge in [0.1, 0.15) is 5.56 Å². The van der Waals surface area contributed by atoms with Gasteiger partial charge in [0, 0.05) is 12.6 Å². The van der Waals surface area contributed by atoms with Crippen molar-refractivity contribution < 1.29 is 14.5 Å². The maximum Gasteiger partial charge on any atom is 0.344 e. The van der Waals surface area contributed by atoms with Crippen LogP contribution in [0, 0.1) is 10.1 Å². The number of nitro benzene ring substituents is 1. The van der Waals surface area contributed by atoms with E-state index in [1.165, 1.54) is 19.2 Å². The highest BCUT2D eigenvalue weighted by molar-refractivity contribution is 5.93. The van der Waals surface area contributed by atoms with Crippen molar-refractivity contribution >= 4 is 11.7 Å². The van der Waals surface area contributed by atoms with Crippen molar-refractivity contribution in [3.05, 3.63) is 39.4 Å². The van der Waals surface area contributed by atoms with Crippen LogP contribution in [0.5, 0.6) is 0 Å². The Bertz CT molecular complexity index is 403. The number of carbonyl (C=O) groups excluding carboxylic acids is 1. The molecule has 15 heavy (non-hydrogen) atoms. The molecule has 0 aliphatic carbocycles. The topological polar surface area (TPSA) is 95.5 Å². The molecule has 1 aromatic carbocycles. The lowest BCUT2D eigenvalue weighted by Gasteiger charge is -2.02. The third kappa shape index (κ3) is 2.29. The van der Waals surface area contributed by atoms with E-state index < -0.39 is 10.9 Å². The summed E-state index contributed by atoms with van der Waals surface area (Å²) < 4.78 is 4.43. The second-order valence-electron chi connectivity index (χ2n) is 2.80. The highest BCUT2D eigenvalue weighted by atomic mass is 16.6. The van der Waals surface area contributed by atoms with Crippen LogP contribution in [0.1, 0.15) is 15.9 Å². The molecule has 0 amide bonds. The molecule has 0 aromatic heterocycles. The first-order valence-corrected chi connectivity index (χ1v) is 4.16. The fourth-order valence-corrected chi connectivity index (χ4v) is 1.14. The van der Waals surface area contributed by atoms with Gasteiger partial charge in [-0.3, -0.25) is 10.1 Å². The Morgan fingerprint density at radius 1 is 1.60 bits per heavy atom. The summed E-state index contributed by atoms with van der Waals surface area (Å²) in [5, 5.41) is 10.7. The largest absolute Gasteiger partial charge is 0.465 e. The van der Waals surface area contributed by atoms with Crippen molar-refractivity contribution in [3.8, 4) is 0 Å². The van der Waals surface area contributed by atoms with Crippen LogP contribution in [0.3, 0.4) is 0 Å². The highest BCUT2D eigenvalue weighted by Crippen LogP contribution is 2.20. The standard InChI is InChI=1S/C9H10N2O4/c1-15-9(12)7-3-2-6(5-10)4-8(7)11(13)14/h2-4H,5,10H2,1H3. The van der Waals surface area contributed by atoms with E-state index in [0.717, 1.165) is 0 Å². The SMILES string of the molecule is COC(=O)c1ccc(CN)cc1[N+](=O)[O-]. The zero-order chi connectivity index (χ0) is 11.4. The Morgan fingerprint density at radius 2 is 2.27 bits per heavy atom. The second kappa shape index (κ2) is 4.52. The maximum absolute atomic E-state index is 11.2. The minimum absolute atomic E-state index is 0.0697. The van der Waals surface area contributed by atoms with Crippen LogP contribution in [0.4, 0.5) is 5.69 Å². The van der Waals surface area contributed by atoms with Crippen LogP contribution in [-0.2, 0) is 11.3 Å². The number of methoxy groups -OCH3 is 1. The molecule has 0 saturated carbocycles. The number of esters is 1. The molecule has 0 saturated heterocycles. The number of nitrogens with zero attached hydrogens (tertiary/aromatic N) is 1. The summed E-state index contributed by atoms with van der Waals surface area (Å²) in [6.07, 6.45) is 0. The molecule has 0 heterocycles.